The van der Waals surface area contributed by atoms with Crippen molar-refractivity contribution in [3.63, 3.8) is 0 Å². The summed E-state index contributed by atoms with van der Waals surface area (Å²) >= 11 is 1.29. The van der Waals surface area contributed by atoms with Gasteiger partial charge in [0, 0.05) is 11.6 Å². The quantitative estimate of drug-likeness (QED) is 0.834. The Morgan fingerprint density at radius 1 is 1.29 bits per heavy atom. The van der Waals surface area contributed by atoms with Crippen LogP contribution >= 0.6 is 11.8 Å². The summed E-state index contributed by atoms with van der Waals surface area (Å²) in [5.41, 5.74) is 2.04. The average Bonchev–Trinajstić information content (AvgIpc) is 3.04. The summed E-state index contributed by atoms with van der Waals surface area (Å²) in [5.74, 6) is 1.62. The first-order chi connectivity index (χ1) is 11.6. The van der Waals surface area contributed by atoms with Gasteiger partial charge >= 0.3 is 0 Å². The first-order valence-corrected chi connectivity index (χ1v) is 9.41. The summed E-state index contributed by atoms with van der Waals surface area (Å²) in [6.07, 6.45) is 4.55. The molecule has 0 bridgehead atoms. The molecule has 0 atom stereocenters. The molecule has 0 spiro atoms. The number of aromatic nitrogens is 2. The first kappa shape index (κ1) is 17.0. The van der Waals surface area contributed by atoms with Crippen LogP contribution in [0.15, 0.2) is 33.9 Å². The highest BCUT2D eigenvalue weighted by Crippen LogP contribution is 2.25. The van der Waals surface area contributed by atoms with Crippen LogP contribution in [-0.4, -0.2) is 27.9 Å². The van der Waals surface area contributed by atoms with Gasteiger partial charge in [-0.25, -0.2) is 0 Å². The highest BCUT2D eigenvalue weighted by molar-refractivity contribution is 7.99. The number of benzene rings is 1. The Bertz CT molecular complexity index is 693. The molecular weight excluding hydrogens is 322 g/mol. The second kappa shape index (κ2) is 7.83. The number of rotatable bonds is 5. The minimum atomic E-state index is 0.0369. The molecule has 1 aliphatic rings. The average molecular weight is 345 g/mol. The summed E-state index contributed by atoms with van der Waals surface area (Å²) in [6.45, 7) is 4.29. The molecule has 3 rings (SSSR count). The molecule has 1 heterocycles. The van der Waals surface area contributed by atoms with Crippen molar-refractivity contribution in [2.45, 2.75) is 50.8 Å². The lowest BCUT2D eigenvalue weighted by Crippen LogP contribution is -2.38. The highest BCUT2D eigenvalue weighted by Gasteiger charge is 2.20. The maximum atomic E-state index is 12.1. The van der Waals surface area contributed by atoms with Crippen LogP contribution in [0.25, 0.3) is 11.5 Å². The Morgan fingerprint density at radius 2 is 2.08 bits per heavy atom. The molecule has 6 heteroatoms. The van der Waals surface area contributed by atoms with Gasteiger partial charge in [-0.05, 0) is 50.7 Å². The van der Waals surface area contributed by atoms with Crippen LogP contribution in [0.2, 0.25) is 0 Å². The Kier molecular flexibility index (Phi) is 5.56. The van der Waals surface area contributed by atoms with Gasteiger partial charge in [-0.15, -0.1) is 10.2 Å². The third-order valence-electron chi connectivity index (χ3n) is 4.38. The van der Waals surface area contributed by atoms with Crippen molar-refractivity contribution in [1.82, 2.24) is 15.5 Å². The topological polar surface area (TPSA) is 68.0 Å². The maximum Gasteiger partial charge on any atom is 0.277 e. The van der Waals surface area contributed by atoms with Gasteiger partial charge in [0.25, 0.3) is 5.22 Å². The standard InChI is InChI=1S/C18H23N3O2S/c1-12-6-8-15(9-7-12)19-16(22)11-24-18-21-20-17(23-18)14-5-3-4-13(2)10-14/h3-5,10,12,15H,6-9,11H2,1-2H3,(H,19,22). The minimum absolute atomic E-state index is 0.0369. The number of nitrogens with zero attached hydrogens (tertiary/aromatic N) is 2. The van der Waals surface area contributed by atoms with E-state index >= 15 is 0 Å². The Labute approximate surface area is 146 Å². The van der Waals surface area contributed by atoms with E-state index in [2.05, 4.69) is 22.4 Å². The third-order valence-corrected chi connectivity index (χ3v) is 5.20. The summed E-state index contributed by atoms with van der Waals surface area (Å²) in [4.78, 5) is 12.1. The van der Waals surface area contributed by atoms with Crippen LogP contribution in [0, 0.1) is 12.8 Å². The molecule has 1 fully saturated rings. The second-order valence-electron chi connectivity index (χ2n) is 6.56. The SMILES string of the molecule is Cc1cccc(-c2nnc(SCC(=O)NC3CCC(C)CC3)o2)c1. The number of nitrogens with one attached hydrogen (secondary N) is 1. The number of hydrogen-bond donors (Lipinski definition) is 1. The van der Waals surface area contributed by atoms with Gasteiger partial charge in [0.05, 0.1) is 5.75 Å². The molecule has 1 aromatic carbocycles. The monoisotopic (exact) mass is 345 g/mol. The van der Waals surface area contributed by atoms with E-state index in [-0.39, 0.29) is 5.91 Å². The van der Waals surface area contributed by atoms with Crippen molar-refractivity contribution >= 4 is 17.7 Å². The summed E-state index contributed by atoms with van der Waals surface area (Å²) in [6, 6.07) is 8.23. The van der Waals surface area contributed by atoms with Crippen LogP contribution in [-0.2, 0) is 4.79 Å². The number of amides is 1. The summed E-state index contributed by atoms with van der Waals surface area (Å²) in [7, 11) is 0. The van der Waals surface area contributed by atoms with Crippen LogP contribution < -0.4 is 5.32 Å². The minimum Gasteiger partial charge on any atom is -0.411 e. The molecule has 5 nitrogen and oxygen atoms in total. The number of hydrogen-bond acceptors (Lipinski definition) is 5. The van der Waals surface area contributed by atoms with Crippen LogP contribution in [0.4, 0.5) is 0 Å². The Balaban J connectivity index is 1.49. The predicted octanol–water partition coefficient (Wildman–Crippen LogP) is 3.83. The maximum absolute atomic E-state index is 12.1. The Hall–Kier alpha value is -1.82. The first-order valence-electron chi connectivity index (χ1n) is 8.43. The van der Waals surface area contributed by atoms with Crippen LogP contribution in [0.5, 0.6) is 0 Å². The molecule has 1 N–H and O–H groups in total. The van der Waals surface area contributed by atoms with E-state index < -0.39 is 0 Å². The van der Waals surface area contributed by atoms with E-state index in [9.17, 15) is 4.79 Å². The lowest BCUT2D eigenvalue weighted by molar-refractivity contribution is -0.119. The fraction of sp³-hybridized carbons (Fsp3) is 0.500. The molecule has 1 amide bonds. The van der Waals surface area contributed by atoms with E-state index in [1.165, 1.54) is 24.6 Å². The van der Waals surface area contributed by atoms with Gasteiger partial charge in [0.15, 0.2) is 0 Å². The Morgan fingerprint density at radius 3 is 2.83 bits per heavy atom. The summed E-state index contributed by atoms with van der Waals surface area (Å²) in [5, 5.41) is 11.6. The van der Waals surface area contributed by atoms with E-state index in [4.69, 9.17) is 4.42 Å². The molecule has 0 aliphatic heterocycles. The number of thioether (sulfide) groups is 1. The molecule has 1 aromatic heterocycles. The predicted molar refractivity (Wildman–Crippen MR) is 94.8 cm³/mol. The molecule has 2 aromatic rings. The van der Waals surface area contributed by atoms with Gasteiger partial charge in [0.1, 0.15) is 0 Å². The molecular formula is C18H23N3O2S. The smallest absolute Gasteiger partial charge is 0.277 e. The van der Waals surface area contributed by atoms with Crippen molar-refractivity contribution in [3.8, 4) is 11.5 Å². The van der Waals surface area contributed by atoms with Gasteiger partial charge in [-0.1, -0.05) is 36.4 Å². The van der Waals surface area contributed by atoms with Gasteiger partial charge < -0.3 is 9.73 Å². The fourth-order valence-corrected chi connectivity index (χ4v) is 3.54. The van der Waals surface area contributed by atoms with E-state index in [1.54, 1.807) is 0 Å². The molecule has 0 unspecified atom stereocenters. The number of carbonyl (C=O) groups excluding carboxylic acids is 1. The zero-order valence-electron chi connectivity index (χ0n) is 14.1. The molecule has 0 radical (unpaired) electrons. The van der Waals surface area contributed by atoms with Crippen molar-refractivity contribution in [2.75, 3.05) is 5.75 Å². The summed E-state index contributed by atoms with van der Waals surface area (Å²) < 4.78 is 5.64. The van der Waals surface area contributed by atoms with E-state index in [0.717, 1.165) is 29.9 Å². The molecule has 1 saturated carbocycles. The molecule has 1 aliphatic carbocycles. The zero-order chi connectivity index (χ0) is 16.9. The molecule has 0 saturated heterocycles. The van der Waals surface area contributed by atoms with E-state index in [0.29, 0.717) is 22.9 Å². The van der Waals surface area contributed by atoms with Crippen molar-refractivity contribution in [3.05, 3.63) is 29.8 Å². The van der Waals surface area contributed by atoms with Crippen molar-refractivity contribution in [1.29, 1.82) is 0 Å². The fourth-order valence-electron chi connectivity index (χ4n) is 2.96. The number of carbonyl (C=O) groups is 1. The third kappa shape index (κ3) is 4.60. The van der Waals surface area contributed by atoms with E-state index in [1.807, 2.05) is 31.2 Å². The van der Waals surface area contributed by atoms with Gasteiger partial charge in [-0.2, -0.15) is 0 Å². The second-order valence-corrected chi connectivity index (χ2v) is 7.48. The largest absolute Gasteiger partial charge is 0.411 e. The van der Waals surface area contributed by atoms with Crippen molar-refractivity contribution in [2.24, 2.45) is 5.92 Å². The highest BCUT2D eigenvalue weighted by atomic mass is 32.2. The molecule has 24 heavy (non-hydrogen) atoms. The van der Waals surface area contributed by atoms with Gasteiger partial charge in [0.2, 0.25) is 11.8 Å². The normalized spacial score (nSPS) is 20.8. The molecule has 128 valence electrons. The lowest BCUT2D eigenvalue weighted by Gasteiger charge is -2.26. The van der Waals surface area contributed by atoms with Crippen molar-refractivity contribution < 1.29 is 9.21 Å². The zero-order valence-corrected chi connectivity index (χ0v) is 14.9. The number of aryl methyl sites for hydroxylation is 1. The lowest BCUT2D eigenvalue weighted by atomic mass is 9.87. The van der Waals surface area contributed by atoms with Gasteiger partial charge in [-0.3, -0.25) is 4.79 Å². The van der Waals surface area contributed by atoms with Crippen LogP contribution in [0.1, 0.15) is 38.2 Å². The van der Waals surface area contributed by atoms with Crippen LogP contribution in [0.3, 0.4) is 0 Å².